The van der Waals surface area contributed by atoms with Crippen LogP contribution in [0.3, 0.4) is 0 Å². The summed E-state index contributed by atoms with van der Waals surface area (Å²) in [6, 6.07) is 6.03. The highest BCUT2D eigenvalue weighted by atomic mass is 16.5. The first-order valence-electron chi connectivity index (χ1n) is 6.37. The number of H-pyrrole nitrogens is 1. The fourth-order valence-corrected chi connectivity index (χ4v) is 2.79. The van der Waals surface area contributed by atoms with E-state index in [0.29, 0.717) is 6.61 Å². The van der Waals surface area contributed by atoms with Gasteiger partial charge in [0.25, 0.3) is 0 Å². The number of hydrogen-bond donors (Lipinski definition) is 1. The Hall–Kier alpha value is -1.61. The summed E-state index contributed by atoms with van der Waals surface area (Å²) in [5, 5.41) is 1.03. The SMILES string of the molecule is Cc1cccc2[nH]cc(C(=O)C3(C)CCCO3)c12. The third-order valence-electron chi connectivity index (χ3n) is 3.86. The van der Waals surface area contributed by atoms with Crippen molar-refractivity contribution in [2.45, 2.75) is 32.3 Å². The van der Waals surface area contributed by atoms with Gasteiger partial charge in [-0.05, 0) is 38.3 Å². The van der Waals surface area contributed by atoms with Crippen LogP contribution in [0.5, 0.6) is 0 Å². The van der Waals surface area contributed by atoms with E-state index in [1.807, 2.05) is 38.2 Å². The normalized spacial score (nSPS) is 23.7. The quantitative estimate of drug-likeness (QED) is 0.823. The van der Waals surface area contributed by atoms with E-state index < -0.39 is 5.60 Å². The summed E-state index contributed by atoms with van der Waals surface area (Å²) in [5.41, 5.74) is 2.25. The number of aryl methyl sites for hydroxylation is 1. The maximum atomic E-state index is 12.7. The first kappa shape index (κ1) is 11.5. The molecule has 1 atom stereocenters. The van der Waals surface area contributed by atoms with Crippen molar-refractivity contribution in [3.05, 3.63) is 35.5 Å². The molecule has 1 aromatic carbocycles. The number of ketones is 1. The molecule has 3 rings (SSSR count). The average Bonchev–Trinajstić information content (AvgIpc) is 2.96. The lowest BCUT2D eigenvalue weighted by molar-refractivity contribution is 0.0215. The Bertz CT molecular complexity index is 606. The zero-order valence-electron chi connectivity index (χ0n) is 10.7. The Kier molecular flexibility index (Phi) is 2.52. The second-order valence-electron chi connectivity index (χ2n) is 5.21. The number of nitrogens with one attached hydrogen (secondary N) is 1. The second kappa shape index (κ2) is 3.95. The van der Waals surface area contributed by atoms with E-state index in [0.717, 1.165) is 34.9 Å². The number of ether oxygens (including phenoxy) is 1. The Labute approximate surface area is 106 Å². The Morgan fingerprint density at radius 2 is 2.28 bits per heavy atom. The van der Waals surface area contributed by atoms with E-state index in [1.165, 1.54) is 0 Å². The van der Waals surface area contributed by atoms with Crippen molar-refractivity contribution < 1.29 is 9.53 Å². The molecule has 94 valence electrons. The first-order valence-corrected chi connectivity index (χ1v) is 6.37. The molecule has 1 aromatic heterocycles. The van der Waals surface area contributed by atoms with E-state index in [1.54, 1.807) is 0 Å². The van der Waals surface area contributed by atoms with Crippen molar-refractivity contribution >= 4 is 16.7 Å². The van der Waals surface area contributed by atoms with Crippen LogP contribution in [-0.2, 0) is 4.74 Å². The predicted octanol–water partition coefficient (Wildman–Crippen LogP) is 3.23. The number of hydrogen-bond acceptors (Lipinski definition) is 2. The molecular weight excluding hydrogens is 226 g/mol. The lowest BCUT2D eigenvalue weighted by Gasteiger charge is -2.21. The molecule has 2 heterocycles. The van der Waals surface area contributed by atoms with Crippen LogP contribution in [0.25, 0.3) is 10.9 Å². The van der Waals surface area contributed by atoms with Gasteiger partial charge < -0.3 is 9.72 Å². The zero-order chi connectivity index (χ0) is 12.8. The molecule has 0 amide bonds. The van der Waals surface area contributed by atoms with Crippen LogP contribution in [0.4, 0.5) is 0 Å². The summed E-state index contributed by atoms with van der Waals surface area (Å²) in [7, 11) is 0. The van der Waals surface area contributed by atoms with Gasteiger partial charge in [0.15, 0.2) is 5.78 Å². The van der Waals surface area contributed by atoms with Gasteiger partial charge in [0, 0.05) is 29.3 Å². The molecule has 1 fully saturated rings. The van der Waals surface area contributed by atoms with Crippen LogP contribution in [0, 0.1) is 6.92 Å². The summed E-state index contributed by atoms with van der Waals surface area (Å²) >= 11 is 0. The van der Waals surface area contributed by atoms with Crippen molar-refractivity contribution in [2.75, 3.05) is 6.61 Å². The number of aromatic nitrogens is 1. The van der Waals surface area contributed by atoms with Crippen molar-refractivity contribution in [3.63, 3.8) is 0 Å². The highest BCUT2D eigenvalue weighted by Gasteiger charge is 2.39. The molecule has 0 aliphatic carbocycles. The molecule has 1 aliphatic heterocycles. The molecule has 1 saturated heterocycles. The number of carbonyl (C=O) groups excluding carboxylic acids is 1. The highest BCUT2D eigenvalue weighted by Crippen LogP contribution is 2.32. The van der Waals surface area contributed by atoms with Crippen LogP contribution in [0.2, 0.25) is 0 Å². The van der Waals surface area contributed by atoms with Crippen molar-refractivity contribution in [1.82, 2.24) is 4.98 Å². The molecule has 18 heavy (non-hydrogen) atoms. The molecule has 2 aromatic rings. The van der Waals surface area contributed by atoms with Gasteiger partial charge in [-0.3, -0.25) is 4.79 Å². The minimum Gasteiger partial charge on any atom is -0.367 e. The summed E-state index contributed by atoms with van der Waals surface area (Å²) < 4.78 is 5.65. The fourth-order valence-electron chi connectivity index (χ4n) is 2.79. The van der Waals surface area contributed by atoms with Crippen LogP contribution in [0.1, 0.15) is 35.7 Å². The number of fused-ring (bicyclic) bond motifs is 1. The van der Waals surface area contributed by atoms with Gasteiger partial charge in [0.05, 0.1) is 0 Å². The van der Waals surface area contributed by atoms with Crippen LogP contribution < -0.4 is 0 Å². The standard InChI is InChI=1S/C15H17NO2/c1-10-5-3-6-12-13(10)11(9-16-12)14(17)15(2)7-4-8-18-15/h3,5-6,9,16H,4,7-8H2,1-2H3. The van der Waals surface area contributed by atoms with Crippen LogP contribution in [0.15, 0.2) is 24.4 Å². The largest absolute Gasteiger partial charge is 0.367 e. The van der Waals surface area contributed by atoms with Gasteiger partial charge in [0.1, 0.15) is 5.60 Å². The highest BCUT2D eigenvalue weighted by molar-refractivity contribution is 6.12. The summed E-state index contributed by atoms with van der Waals surface area (Å²) in [6.07, 6.45) is 3.58. The van der Waals surface area contributed by atoms with Gasteiger partial charge >= 0.3 is 0 Å². The molecular formula is C15H17NO2. The molecule has 3 nitrogen and oxygen atoms in total. The van der Waals surface area contributed by atoms with Gasteiger partial charge in [-0.2, -0.15) is 0 Å². The summed E-state index contributed by atoms with van der Waals surface area (Å²) in [6.45, 7) is 4.62. The van der Waals surface area contributed by atoms with Gasteiger partial charge in [-0.15, -0.1) is 0 Å². The third-order valence-corrected chi connectivity index (χ3v) is 3.86. The Balaban J connectivity index is 2.12. The van der Waals surface area contributed by atoms with Crippen LogP contribution in [-0.4, -0.2) is 23.0 Å². The molecule has 0 bridgehead atoms. The number of carbonyl (C=O) groups is 1. The molecule has 0 spiro atoms. The number of benzene rings is 1. The molecule has 1 aliphatic rings. The van der Waals surface area contributed by atoms with E-state index in [2.05, 4.69) is 4.98 Å². The fraction of sp³-hybridized carbons (Fsp3) is 0.400. The summed E-state index contributed by atoms with van der Waals surface area (Å²) in [4.78, 5) is 15.8. The Morgan fingerprint density at radius 1 is 1.44 bits per heavy atom. The first-order chi connectivity index (χ1) is 8.62. The average molecular weight is 243 g/mol. The Morgan fingerprint density at radius 3 is 3.00 bits per heavy atom. The minimum atomic E-state index is -0.641. The summed E-state index contributed by atoms with van der Waals surface area (Å²) in [5.74, 6) is 0.0977. The number of aromatic amines is 1. The monoisotopic (exact) mass is 243 g/mol. The predicted molar refractivity (Wildman–Crippen MR) is 71.0 cm³/mol. The lowest BCUT2D eigenvalue weighted by atomic mass is 9.91. The second-order valence-corrected chi connectivity index (χ2v) is 5.21. The molecule has 1 N–H and O–H groups in total. The number of Topliss-reactive ketones (excluding diaryl/α,β-unsaturated/α-hetero) is 1. The van der Waals surface area contributed by atoms with E-state index in [4.69, 9.17) is 4.74 Å². The van der Waals surface area contributed by atoms with Crippen LogP contribution >= 0.6 is 0 Å². The topological polar surface area (TPSA) is 42.1 Å². The zero-order valence-corrected chi connectivity index (χ0v) is 10.7. The molecule has 0 radical (unpaired) electrons. The smallest absolute Gasteiger partial charge is 0.196 e. The molecule has 1 unspecified atom stereocenters. The minimum absolute atomic E-state index is 0.0977. The maximum absolute atomic E-state index is 12.7. The lowest BCUT2D eigenvalue weighted by Crippen LogP contribution is -2.34. The van der Waals surface area contributed by atoms with Gasteiger partial charge in [-0.1, -0.05) is 12.1 Å². The maximum Gasteiger partial charge on any atom is 0.196 e. The number of rotatable bonds is 2. The molecule has 0 saturated carbocycles. The van der Waals surface area contributed by atoms with Gasteiger partial charge in [0.2, 0.25) is 0 Å². The van der Waals surface area contributed by atoms with E-state index in [9.17, 15) is 4.79 Å². The van der Waals surface area contributed by atoms with Gasteiger partial charge in [-0.25, -0.2) is 0 Å². The molecule has 3 heteroatoms. The van der Waals surface area contributed by atoms with E-state index in [-0.39, 0.29) is 5.78 Å². The van der Waals surface area contributed by atoms with Crippen molar-refractivity contribution in [2.24, 2.45) is 0 Å². The van der Waals surface area contributed by atoms with E-state index >= 15 is 0 Å². The third kappa shape index (κ3) is 1.58. The van der Waals surface area contributed by atoms with Crippen molar-refractivity contribution in [1.29, 1.82) is 0 Å². The van der Waals surface area contributed by atoms with Crippen molar-refractivity contribution in [3.8, 4) is 0 Å².